The standard InChI is InChI=1S/C17H26N4O4.HI/c1-2-18-16(20-12-17(7-9-22)8-10-25-13-17)19-11-14-3-5-15(6-4-14)21(23)24;/h3-6,22H,2,7-13H2,1H3,(H2,18,19,20);1H. The summed E-state index contributed by atoms with van der Waals surface area (Å²) in [7, 11) is 0. The van der Waals surface area contributed by atoms with Gasteiger partial charge in [0.2, 0.25) is 0 Å². The highest BCUT2D eigenvalue weighted by Crippen LogP contribution is 2.31. The average molecular weight is 478 g/mol. The van der Waals surface area contributed by atoms with Gasteiger partial charge in [0, 0.05) is 43.9 Å². The van der Waals surface area contributed by atoms with Gasteiger partial charge < -0.3 is 20.5 Å². The van der Waals surface area contributed by atoms with Crippen molar-refractivity contribution in [3.63, 3.8) is 0 Å². The first-order valence-electron chi connectivity index (χ1n) is 8.53. The van der Waals surface area contributed by atoms with Crippen LogP contribution in [0.25, 0.3) is 0 Å². The molecule has 0 bridgehead atoms. The highest BCUT2D eigenvalue weighted by atomic mass is 127. The number of ether oxygens (including phenoxy) is 1. The number of benzene rings is 1. The quantitative estimate of drug-likeness (QED) is 0.174. The number of hydrogen-bond donors (Lipinski definition) is 3. The summed E-state index contributed by atoms with van der Waals surface area (Å²) < 4.78 is 5.50. The number of nitrogens with zero attached hydrogens (tertiary/aromatic N) is 2. The smallest absolute Gasteiger partial charge is 0.269 e. The molecule has 0 spiro atoms. The fourth-order valence-corrected chi connectivity index (χ4v) is 2.82. The van der Waals surface area contributed by atoms with Crippen molar-refractivity contribution in [2.75, 3.05) is 32.9 Å². The molecule has 3 N–H and O–H groups in total. The maximum absolute atomic E-state index is 10.7. The van der Waals surface area contributed by atoms with Gasteiger partial charge in [-0.3, -0.25) is 10.1 Å². The summed E-state index contributed by atoms with van der Waals surface area (Å²) in [6.07, 6.45) is 1.62. The van der Waals surface area contributed by atoms with Crippen molar-refractivity contribution in [1.82, 2.24) is 10.6 Å². The number of nitro groups is 1. The number of aliphatic imine (C=N–C) groups is 1. The van der Waals surface area contributed by atoms with E-state index in [4.69, 9.17) is 4.74 Å². The van der Waals surface area contributed by atoms with Crippen molar-refractivity contribution in [2.45, 2.75) is 26.3 Å². The van der Waals surface area contributed by atoms with Crippen LogP contribution in [-0.4, -0.2) is 48.9 Å². The van der Waals surface area contributed by atoms with Crippen LogP contribution in [0.5, 0.6) is 0 Å². The van der Waals surface area contributed by atoms with Crippen LogP contribution in [0.1, 0.15) is 25.3 Å². The maximum Gasteiger partial charge on any atom is 0.269 e. The number of aliphatic hydroxyl groups is 1. The maximum atomic E-state index is 10.7. The van der Waals surface area contributed by atoms with E-state index in [1.54, 1.807) is 12.1 Å². The SMILES string of the molecule is CCNC(=NCc1ccc([N+](=O)[O-])cc1)NCC1(CCO)CCOC1.I. The lowest BCUT2D eigenvalue weighted by molar-refractivity contribution is -0.384. The van der Waals surface area contributed by atoms with Crippen molar-refractivity contribution in [3.05, 3.63) is 39.9 Å². The Labute approximate surface area is 170 Å². The van der Waals surface area contributed by atoms with Gasteiger partial charge in [0.25, 0.3) is 5.69 Å². The minimum atomic E-state index is -0.414. The summed E-state index contributed by atoms with van der Waals surface area (Å²) in [5.74, 6) is 0.685. The Bertz CT molecular complexity index is 589. The average Bonchev–Trinajstić information content (AvgIpc) is 3.07. The van der Waals surface area contributed by atoms with E-state index in [1.807, 2.05) is 6.92 Å². The first-order valence-corrected chi connectivity index (χ1v) is 8.53. The van der Waals surface area contributed by atoms with E-state index in [-0.39, 0.29) is 41.7 Å². The zero-order valence-corrected chi connectivity index (χ0v) is 17.3. The molecule has 1 unspecified atom stereocenters. The molecule has 1 saturated heterocycles. The molecule has 26 heavy (non-hydrogen) atoms. The largest absolute Gasteiger partial charge is 0.396 e. The molecule has 1 aliphatic rings. The van der Waals surface area contributed by atoms with E-state index in [9.17, 15) is 15.2 Å². The van der Waals surface area contributed by atoms with Gasteiger partial charge in [0.05, 0.1) is 18.1 Å². The van der Waals surface area contributed by atoms with E-state index >= 15 is 0 Å². The zero-order chi connectivity index (χ0) is 18.1. The Kier molecular flexibility index (Phi) is 9.81. The summed E-state index contributed by atoms with van der Waals surface area (Å²) in [6.45, 7) is 5.33. The summed E-state index contributed by atoms with van der Waals surface area (Å²) in [6, 6.07) is 6.39. The Balaban J connectivity index is 0.00000338. The van der Waals surface area contributed by atoms with Crippen LogP contribution < -0.4 is 10.6 Å². The van der Waals surface area contributed by atoms with Gasteiger partial charge in [-0.2, -0.15) is 0 Å². The number of non-ortho nitro benzene ring substituents is 1. The first kappa shape index (κ1) is 22.6. The monoisotopic (exact) mass is 478 g/mol. The van der Waals surface area contributed by atoms with Crippen LogP contribution >= 0.6 is 24.0 Å². The number of halogens is 1. The van der Waals surface area contributed by atoms with Gasteiger partial charge in [-0.05, 0) is 25.3 Å². The van der Waals surface area contributed by atoms with Crippen LogP contribution in [0.2, 0.25) is 0 Å². The molecule has 0 aromatic heterocycles. The van der Waals surface area contributed by atoms with Crippen LogP contribution in [-0.2, 0) is 11.3 Å². The normalized spacial score (nSPS) is 19.7. The molecule has 1 aromatic rings. The van der Waals surface area contributed by atoms with E-state index in [1.165, 1.54) is 12.1 Å². The molecule has 9 heteroatoms. The number of guanidine groups is 1. The lowest BCUT2D eigenvalue weighted by Crippen LogP contribution is -2.44. The number of nitro benzene ring substituents is 1. The molecule has 146 valence electrons. The minimum absolute atomic E-state index is 0. The number of rotatable bonds is 8. The molecular weight excluding hydrogens is 451 g/mol. The van der Waals surface area contributed by atoms with Gasteiger partial charge in [-0.15, -0.1) is 24.0 Å². The second kappa shape index (κ2) is 11.3. The Morgan fingerprint density at radius 3 is 2.65 bits per heavy atom. The highest BCUT2D eigenvalue weighted by Gasteiger charge is 2.34. The molecule has 1 aliphatic heterocycles. The molecule has 0 amide bonds. The molecular formula is C17H27IN4O4. The van der Waals surface area contributed by atoms with E-state index in [0.29, 0.717) is 32.1 Å². The zero-order valence-electron chi connectivity index (χ0n) is 14.9. The summed E-state index contributed by atoms with van der Waals surface area (Å²) in [5, 5.41) is 26.5. The first-order chi connectivity index (χ1) is 12.1. The van der Waals surface area contributed by atoms with E-state index < -0.39 is 4.92 Å². The molecule has 1 fully saturated rings. The van der Waals surface area contributed by atoms with Crippen LogP contribution in [0, 0.1) is 15.5 Å². The van der Waals surface area contributed by atoms with E-state index in [0.717, 1.165) is 25.1 Å². The van der Waals surface area contributed by atoms with Gasteiger partial charge in [0.15, 0.2) is 5.96 Å². The number of aliphatic hydroxyl groups excluding tert-OH is 1. The highest BCUT2D eigenvalue weighted by molar-refractivity contribution is 14.0. The van der Waals surface area contributed by atoms with Crippen molar-refractivity contribution in [2.24, 2.45) is 10.4 Å². The minimum Gasteiger partial charge on any atom is -0.396 e. The molecule has 2 rings (SSSR count). The van der Waals surface area contributed by atoms with Crippen molar-refractivity contribution in [1.29, 1.82) is 0 Å². The lowest BCUT2D eigenvalue weighted by Gasteiger charge is -2.27. The van der Waals surface area contributed by atoms with Crippen molar-refractivity contribution >= 4 is 35.6 Å². The molecule has 1 aromatic carbocycles. The fourth-order valence-electron chi connectivity index (χ4n) is 2.82. The van der Waals surface area contributed by atoms with Gasteiger partial charge in [-0.25, -0.2) is 4.99 Å². The van der Waals surface area contributed by atoms with Crippen LogP contribution in [0.3, 0.4) is 0 Å². The van der Waals surface area contributed by atoms with Gasteiger partial charge in [0.1, 0.15) is 0 Å². The lowest BCUT2D eigenvalue weighted by atomic mass is 9.84. The molecule has 1 atom stereocenters. The molecule has 8 nitrogen and oxygen atoms in total. The topological polar surface area (TPSA) is 109 Å². The van der Waals surface area contributed by atoms with Crippen molar-refractivity contribution in [3.8, 4) is 0 Å². The summed E-state index contributed by atoms with van der Waals surface area (Å²) in [4.78, 5) is 14.8. The molecule has 1 heterocycles. The second-order valence-electron chi connectivity index (χ2n) is 6.25. The summed E-state index contributed by atoms with van der Waals surface area (Å²) >= 11 is 0. The third-order valence-corrected chi connectivity index (χ3v) is 4.37. The Morgan fingerprint density at radius 1 is 1.38 bits per heavy atom. The van der Waals surface area contributed by atoms with Crippen LogP contribution in [0.4, 0.5) is 5.69 Å². The second-order valence-corrected chi connectivity index (χ2v) is 6.25. The van der Waals surface area contributed by atoms with E-state index in [2.05, 4.69) is 15.6 Å². The Morgan fingerprint density at radius 2 is 2.12 bits per heavy atom. The fraction of sp³-hybridized carbons (Fsp3) is 0.588. The molecule has 0 aliphatic carbocycles. The van der Waals surface area contributed by atoms with Gasteiger partial charge >= 0.3 is 0 Å². The predicted molar refractivity (Wildman–Crippen MR) is 111 cm³/mol. The van der Waals surface area contributed by atoms with Crippen molar-refractivity contribution < 1.29 is 14.8 Å². The predicted octanol–water partition coefficient (Wildman–Crippen LogP) is 2.06. The Hall–Kier alpha value is -1.46. The van der Waals surface area contributed by atoms with Gasteiger partial charge in [-0.1, -0.05) is 12.1 Å². The number of nitrogens with one attached hydrogen (secondary N) is 2. The third kappa shape index (κ3) is 6.69. The molecule has 0 saturated carbocycles. The van der Waals surface area contributed by atoms with Crippen LogP contribution in [0.15, 0.2) is 29.3 Å². The summed E-state index contributed by atoms with van der Waals surface area (Å²) in [5.41, 5.74) is 0.917. The third-order valence-electron chi connectivity index (χ3n) is 4.37. The molecule has 0 radical (unpaired) electrons. The number of hydrogen-bond acceptors (Lipinski definition) is 5.